The summed E-state index contributed by atoms with van der Waals surface area (Å²) in [6.45, 7) is -0.953. The van der Waals surface area contributed by atoms with Crippen LogP contribution in [0.25, 0.3) is 10.8 Å². The molecule has 0 bridgehead atoms. The van der Waals surface area contributed by atoms with Gasteiger partial charge in [-0.05, 0) is 54.6 Å². The molecule has 0 aliphatic heterocycles. The summed E-state index contributed by atoms with van der Waals surface area (Å²) in [5.41, 5.74) is 4.66. The Labute approximate surface area is 453 Å². The molecule has 0 spiro atoms. The number of nitrogens with two attached hydrogens (primary N) is 1. The summed E-state index contributed by atoms with van der Waals surface area (Å²) in [6.07, 6.45) is 0. The minimum atomic E-state index is -5.39. The number of methoxy groups -OCH3 is 1. The summed E-state index contributed by atoms with van der Waals surface area (Å²) in [5.74, 6) is -1.91. The van der Waals surface area contributed by atoms with Crippen molar-refractivity contribution in [3.05, 3.63) is 54.6 Å². The molecule has 0 saturated heterocycles. The van der Waals surface area contributed by atoms with Crippen LogP contribution in [0.5, 0.6) is 11.5 Å². The topological polar surface area (TPSA) is 373 Å². The Morgan fingerprint density at radius 3 is 1.74 bits per heavy atom. The molecule has 0 aliphatic rings. The molecule has 0 unspecified atom stereocenters. The number of rotatable bonds is 23. The molecule has 0 heterocycles. The van der Waals surface area contributed by atoms with E-state index in [0.717, 1.165) is 18.2 Å². The second kappa shape index (κ2) is 29.8. The summed E-state index contributed by atoms with van der Waals surface area (Å²) in [6, 6.07) is 9.75. The van der Waals surface area contributed by atoms with Gasteiger partial charge >= 0.3 is 118 Å². The summed E-state index contributed by atoms with van der Waals surface area (Å²) in [4.78, 5) is -2.13. The third-order valence-corrected chi connectivity index (χ3v) is 12.6. The molecule has 0 fully saturated rings. The van der Waals surface area contributed by atoms with E-state index in [1.165, 1.54) is 37.4 Å². The van der Waals surface area contributed by atoms with Crippen molar-refractivity contribution in [3.8, 4) is 11.5 Å². The van der Waals surface area contributed by atoms with Crippen LogP contribution < -0.4 is 144 Å². The van der Waals surface area contributed by atoms with Gasteiger partial charge in [-0.25, -0.2) is 25.3 Å². The van der Waals surface area contributed by atoms with Crippen molar-refractivity contribution >= 4 is 106 Å². The van der Waals surface area contributed by atoms with E-state index in [-0.39, 0.29) is 204 Å². The maximum Gasteiger partial charge on any atom is 1.00 e. The molecule has 25 nitrogen and oxygen atoms in total. The number of hydrogen-bond donors (Lipinski definition) is 2. The number of phenolic OH excluding ortho intramolecular Hbond substituents is 1. The van der Waals surface area contributed by atoms with Crippen molar-refractivity contribution in [1.82, 2.24) is 0 Å². The Morgan fingerprint density at radius 1 is 0.661 bits per heavy atom. The Balaban J connectivity index is 0.00000930. The first kappa shape index (κ1) is 62.2. The van der Waals surface area contributed by atoms with Gasteiger partial charge < -0.3 is 35.9 Å². The van der Waals surface area contributed by atoms with Crippen LogP contribution >= 0.6 is 36.7 Å². The van der Waals surface area contributed by atoms with E-state index in [9.17, 15) is 50.7 Å². The quantitative estimate of drug-likeness (QED) is 0.0102. The molecule has 0 aliphatic carbocycles. The molecule has 3 N–H and O–H groups in total. The molecule has 4 aromatic rings. The van der Waals surface area contributed by atoms with Crippen molar-refractivity contribution < 1.29 is 210 Å². The Hall–Kier alpha value is 0.160. The number of ether oxygens (including phenoxy) is 1. The summed E-state index contributed by atoms with van der Waals surface area (Å²) in [5, 5.41) is 67.2. The zero-order valence-corrected chi connectivity index (χ0v) is 45.4. The van der Waals surface area contributed by atoms with Gasteiger partial charge in [-0.2, -0.15) is 4.33 Å². The normalized spacial score (nSPS) is 11.8. The number of phenols is 1. The van der Waals surface area contributed by atoms with Crippen molar-refractivity contribution in [1.29, 1.82) is 0 Å². The molecule has 62 heavy (non-hydrogen) atoms. The largest absolute Gasteiger partial charge is 1.00 e. The van der Waals surface area contributed by atoms with Crippen LogP contribution in [-0.4, -0.2) is 66.7 Å². The standard InChI is InChI=1S/C27H27N5O20S6.4Na/c1-44-22-7-3-15(56(37,38)10-8-45-54-51-48-35)12-21(22)30-32-26-23(53-50-47-34)14-18-17(27(26)33)4-5-19(28)25(18)31-29-20-6-2-16(13-24(20)58(41,42)43)57(39,40)11-9-46-55-52-49-36;;;;/h2-7,12-14,33-36H,8-11,28H2,1H3,(H,41,42,43);;;;/q;4*+1/p-4. The second-order valence-corrected chi connectivity index (χ2v) is 17.7. The van der Waals surface area contributed by atoms with Gasteiger partial charge in [0, 0.05) is 10.8 Å². The summed E-state index contributed by atoms with van der Waals surface area (Å²) >= 11 is 0.398. The SMILES string of the molecule is COc1ccc(S(=O)(=O)CCOSOO[O-])cc1N=Nc1c(SOO[O-])cc2c(N=Nc3ccc(S(=O)(=O)CCOSOO[O-])cc3S(=O)(=O)[O-])c(N)ccc2c1O.[Na+].[Na+].[Na+].[Na+]. The number of sulfone groups is 2. The molecule has 35 heteroatoms. The smallest absolute Gasteiger partial charge is 0.744 e. The Morgan fingerprint density at radius 2 is 1.19 bits per heavy atom. The fourth-order valence-corrected chi connectivity index (χ4v) is 8.56. The number of nitrogen functional groups attached to an aromatic ring is 1. The second-order valence-electron chi connectivity index (χ2n) is 10.4. The van der Waals surface area contributed by atoms with Crippen LogP contribution in [0.4, 0.5) is 28.4 Å². The molecule has 0 saturated carbocycles. The number of anilines is 1. The van der Waals surface area contributed by atoms with E-state index in [1.807, 2.05) is 0 Å². The van der Waals surface area contributed by atoms with Gasteiger partial charge in [-0.15, -0.1) is 29.1 Å². The van der Waals surface area contributed by atoms with Crippen LogP contribution in [0, 0.1) is 0 Å². The number of benzene rings is 4. The van der Waals surface area contributed by atoms with Crippen molar-refractivity contribution in [2.45, 2.75) is 19.6 Å². The monoisotopic (exact) mass is 1020 g/mol. The van der Waals surface area contributed by atoms with Crippen LogP contribution in [0.15, 0.2) is 94.6 Å². The number of azo groups is 2. The first-order chi connectivity index (χ1) is 27.6. The van der Waals surface area contributed by atoms with Crippen molar-refractivity contribution in [2.75, 3.05) is 37.6 Å². The fraction of sp³-hybridized carbons (Fsp3) is 0.185. The van der Waals surface area contributed by atoms with E-state index < -0.39 is 75.7 Å². The van der Waals surface area contributed by atoms with Gasteiger partial charge in [0.05, 0.1) is 69.1 Å². The molecular formula is C27H23N5Na4O20S6. The van der Waals surface area contributed by atoms with Gasteiger partial charge in [0.15, 0.2) is 50.1 Å². The third-order valence-electron chi connectivity index (χ3n) is 7.05. The molecule has 4 rings (SSSR count). The zero-order valence-electron chi connectivity index (χ0n) is 32.5. The number of hydrogen-bond acceptors (Lipinski definition) is 28. The van der Waals surface area contributed by atoms with Gasteiger partial charge in [-0.3, -0.25) is 23.5 Å². The predicted octanol–water partition coefficient (Wildman–Crippen LogP) is -9.73. The van der Waals surface area contributed by atoms with Crippen LogP contribution in [0.3, 0.4) is 0 Å². The fourth-order valence-electron chi connectivity index (χ4n) is 4.52. The van der Waals surface area contributed by atoms with E-state index in [0.29, 0.717) is 6.07 Å². The van der Waals surface area contributed by atoms with E-state index in [2.05, 4.69) is 52.8 Å². The minimum Gasteiger partial charge on any atom is -0.744 e. The van der Waals surface area contributed by atoms with Crippen LogP contribution in [0.2, 0.25) is 0 Å². The maximum absolute atomic E-state index is 12.9. The van der Waals surface area contributed by atoms with Gasteiger partial charge in [-0.1, -0.05) is 0 Å². The Kier molecular flexibility index (Phi) is 29.9. The average molecular weight is 1020 g/mol. The number of fused-ring (bicyclic) bond motifs is 1. The molecule has 316 valence electrons. The van der Waals surface area contributed by atoms with Gasteiger partial charge in [0.25, 0.3) is 0 Å². The zero-order chi connectivity index (χ0) is 42.5. The summed E-state index contributed by atoms with van der Waals surface area (Å²) < 4.78 is 115. The van der Waals surface area contributed by atoms with Crippen molar-refractivity contribution in [3.63, 3.8) is 0 Å². The van der Waals surface area contributed by atoms with E-state index in [1.54, 1.807) is 0 Å². The van der Waals surface area contributed by atoms with Gasteiger partial charge in [0.1, 0.15) is 38.6 Å². The first-order valence-corrected chi connectivity index (χ1v) is 21.6. The van der Waals surface area contributed by atoms with Crippen LogP contribution in [0.1, 0.15) is 0 Å². The number of aromatic hydroxyl groups is 1. The average Bonchev–Trinajstić information content (AvgIpc) is 3.18. The molecule has 4 aromatic carbocycles. The van der Waals surface area contributed by atoms with E-state index >= 15 is 0 Å². The maximum atomic E-state index is 12.9. The van der Waals surface area contributed by atoms with Crippen LogP contribution in [-0.2, 0) is 66.3 Å². The molecule has 0 amide bonds. The molecule has 0 aromatic heterocycles. The minimum absolute atomic E-state index is 0. The van der Waals surface area contributed by atoms with E-state index in [4.69, 9.17) is 14.7 Å². The molecule has 0 atom stereocenters. The summed E-state index contributed by atoms with van der Waals surface area (Å²) in [7, 11) is -12.4. The third kappa shape index (κ3) is 17.7. The molecular weight excluding hydrogens is 999 g/mol. The first-order valence-electron chi connectivity index (χ1n) is 14.9. The van der Waals surface area contributed by atoms with Gasteiger partial charge in [0.2, 0.25) is 0 Å². The predicted molar refractivity (Wildman–Crippen MR) is 189 cm³/mol. The molecule has 0 radical (unpaired) electrons. The Bertz CT molecular complexity index is 2500. The number of nitrogens with zero attached hydrogens (tertiary/aromatic N) is 4. The van der Waals surface area contributed by atoms with Crippen molar-refractivity contribution in [2.24, 2.45) is 20.5 Å².